The Morgan fingerprint density at radius 2 is 2.42 bits per heavy atom. The second kappa shape index (κ2) is 6.53. The van der Waals surface area contributed by atoms with Gasteiger partial charge in [0.15, 0.2) is 0 Å². The molecular weight excluding hydrogens is 238 g/mol. The molecule has 0 spiro atoms. The molecule has 19 heavy (non-hydrogen) atoms. The van der Waals surface area contributed by atoms with E-state index in [2.05, 4.69) is 30.3 Å². The van der Waals surface area contributed by atoms with Gasteiger partial charge in [0.2, 0.25) is 0 Å². The van der Waals surface area contributed by atoms with Gasteiger partial charge >= 0.3 is 0 Å². The maximum Gasteiger partial charge on any atom is 0.0774 e. The van der Waals surface area contributed by atoms with Crippen LogP contribution in [0.25, 0.3) is 0 Å². The van der Waals surface area contributed by atoms with E-state index in [1.807, 2.05) is 10.9 Å². The van der Waals surface area contributed by atoms with Crippen LogP contribution in [0.15, 0.2) is 12.3 Å². The molecule has 2 unspecified atom stereocenters. The summed E-state index contributed by atoms with van der Waals surface area (Å²) in [5.74, 6) is 0.645. The highest BCUT2D eigenvalue weighted by molar-refractivity contribution is 5.00. The standard InChI is InChI=1S/C15H27N3O/c1-3-9-18-14(6-8-17-18)11-16-12-15(19)7-4-5-13(2)10-15/h6,8,13,16,19H,3-5,7,9-12H2,1-2H3. The van der Waals surface area contributed by atoms with Gasteiger partial charge in [-0.3, -0.25) is 4.68 Å². The molecule has 4 nitrogen and oxygen atoms in total. The van der Waals surface area contributed by atoms with E-state index < -0.39 is 5.60 Å². The Hall–Kier alpha value is -0.870. The zero-order valence-corrected chi connectivity index (χ0v) is 12.2. The largest absolute Gasteiger partial charge is 0.389 e. The highest BCUT2D eigenvalue weighted by Gasteiger charge is 2.32. The van der Waals surface area contributed by atoms with Gasteiger partial charge in [0.1, 0.15) is 0 Å². The lowest BCUT2D eigenvalue weighted by Crippen LogP contribution is -2.44. The van der Waals surface area contributed by atoms with Crippen LogP contribution in [-0.4, -0.2) is 27.0 Å². The molecule has 1 aliphatic rings. The lowest BCUT2D eigenvalue weighted by Gasteiger charge is -2.35. The van der Waals surface area contributed by atoms with Crippen molar-refractivity contribution in [2.75, 3.05) is 6.54 Å². The van der Waals surface area contributed by atoms with Crippen LogP contribution in [0, 0.1) is 5.92 Å². The maximum atomic E-state index is 10.6. The molecule has 1 aromatic rings. The summed E-state index contributed by atoms with van der Waals surface area (Å²) in [6, 6.07) is 2.05. The van der Waals surface area contributed by atoms with E-state index in [-0.39, 0.29) is 0 Å². The van der Waals surface area contributed by atoms with Gasteiger partial charge < -0.3 is 10.4 Å². The van der Waals surface area contributed by atoms with E-state index in [9.17, 15) is 5.11 Å². The monoisotopic (exact) mass is 265 g/mol. The number of rotatable bonds is 6. The summed E-state index contributed by atoms with van der Waals surface area (Å²) in [7, 11) is 0. The van der Waals surface area contributed by atoms with Crippen molar-refractivity contribution in [3.05, 3.63) is 18.0 Å². The van der Waals surface area contributed by atoms with Crippen LogP contribution in [0.4, 0.5) is 0 Å². The van der Waals surface area contributed by atoms with Crippen molar-refractivity contribution in [1.82, 2.24) is 15.1 Å². The number of hydrogen-bond acceptors (Lipinski definition) is 3. The van der Waals surface area contributed by atoms with E-state index >= 15 is 0 Å². The molecule has 0 amide bonds. The molecule has 0 bridgehead atoms. The van der Waals surface area contributed by atoms with Gasteiger partial charge in [-0.05, 0) is 31.2 Å². The number of aromatic nitrogens is 2. The first kappa shape index (κ1) is 14.5. The minimum atomic E-state index is -0.507. The molecule has 2 rings (SSSR count). The van der Waals surface area contributed by atoms with Crippen molar-refractivity contribution in [2.24, 2.45) is 5.92 Å². The fourth-order valence-electron chi connectivity index (χ4n) is 3.14. The number of nitrogens with zero attached hydrogens (tertiary/aromatic N) is 2. The molecule has 0 radical (unpaired) electrons. The van der Waals surface area contributed by atoms with Gasteiger partial charge in [0, 0.05) is 25.8 Å². The van der Waals surface area contributed by atoms with E-state index in [1.54, 1.807) is 0 Å². The molecule has 1 fully saturated rings. The van der Waals surface area contributed by atoms with Crippen LogP contribution in [0.3, 0.4) is 0 Å². The summed E-state index contributed by atoms with van der Waals surface area (Å²) in [6.07, 6.45) is 7.20. The quantitative estimate of drug-likeness (QED) is 0.830. The molecule has 0 aliphatic heterocycles. The van der Waals surface area contributed by atoms with Crippen LogP contribution in [0.2, 0.25) is 0 Å². The van der Waals surface area contributed by atoms with Crippen molar-refractivity contribution in [3.8, 4) is 0 Å². The van der Waals surface area contributed by atoms with Gasteiger partial charge in [-0.2, -0.15) is 5.10 Å². The SMILES string of the molecule is CCCn1nccc1CNCC1(O)CCCC(C)C1. The van der Waals surface area contributed by atoms with Crippen molar-refractivity contribution >= 4 is 0 Å². The third kappa shape index (κ3) is 4.05. The molecule has 2 N–H and O–H groups in total. The third-order valence-electron chi connectivity index (χ3n) is 4.07. The van der Waals surface area contributed by atoms with E-state index in [1.165, 1.54) is 12.1 Å². The maximum absolute atomic E-state index is 10.6. The second-order valence-electron chi connectivity index (χ2n) is 6.08. The smallest absolute Gasteiger partial charge is 0.0774 e. The molecule has 1 saturated carbocycles. The summed E-state index contributed by atoms with van der Waals surface area (Å²) in [6.45, 7) is 6.84. The number of aliphatic hydroxyl groups is 1. The summed E-state index contributed by atoms with van der Waals surface area (Å²) >= 11 is 0. The van der Waals surface area contributed by atoms with Gasteiger partial charge in [-0.25, -0.2) is 0 Å². The Morgan fingerprint density at radius 3 is 3.16 bits per heavy atom. The normalized spacial score (nSPS) is 27.6. The predicted octanol–water partition coefficient (Wildman–Crippen LogP) is 2.32. The summed E-state index contributed by atoms with van der Waals surface area (Å²) in [5, 5.41) is 18.3. The van der Waals surface area contributed by atoms with Crippen LogP contribution >= 0.6 is 0 Å². The molecule has 4 heteroatoms. The van der Waals surface area contributed by atoms with E-state index in [0.717, 1.165) is 38.8 Å². The summed E-state index contributed by atoms with van der Waals surface area (Å²) in [4.78, 5) is 0. The lowest BCUT2D eigenvalue weighted by atomic mass is 9.79. The number of hydrogen-bond donors (Lipinski definition) is 2. The van der Waals surface area contributed by atoms with Crippen molar-refractivity contribution in [2.45, 2.75) is 64.6 Å². The Kier molecular flexibility index (Phi) is 4.99. The average Bonchev–Trinajstić information content (AvgIpc) is 2.77. The predicted molar refractivity (Wildman–Crippen MR) is 76.8 cm³/mol. The highest BCUT2D eigenvalue weighted by atomic mass is 16.3. The van der Waals surface area contributed by atoms with Crippen molar-refractivity contribution in [3.63, 3.8) is 0 Å². The lowest BCUT2D eigenvalue weighted by molar-refractivity contribution is -0.0120. The van der Waals surface area contributed by atoms with Gasteiger partial charge in [0.25, 0.3) is 0 Å². The van der Waals surface area contributed by atoms with Gasteiger partial charge in [-0.1, -0.05) is 26.7 Å². The number of nitrogens with one attached hydrogen (secondary N) is 1. The van der Waals surface area contributed by atoms with Crippen LogP contribution < -0.4 is 5.32 Å². The molecule has 1 aliphatic carbocycles. The Balaban J connectivity index is 1.80. The fourth-order valence-corrected chi connectivity index (χ4v) is 3.14. The Labute approximate surface area is 116 Å². The zero-order valence-electron chi connectivity index (χ0n) is 12.2. The van der Waals surface area contributed by atoms with E-state index in [0.29, 0.717) is 12.5 Å². The average molecular weight is 265 g/mol. The topological polar surface area (TPSA) is 50.1 Å². The van der Waals surface area contributed by atoms with Crippen molar-refractivity contribution < 1.29 is 5.11 Å². The number of aryl methyl sites for hydroxylation is 1. The molecule has 0 saturated heterocycles. The molecule has 0 aromatic carbocycles. The third-order valence-corrected chi connectivity index (χ3v) is 4.07. The van der Waals surface area contributed by atoms with Gasteiger partial charge in [0.05, 0.1) is 11.3 Å². The highest BCUT2D eigenvalue weighted by Crippen LogP contribution is 2.31. The molecule has 1 heterocycles. The first-order chi connectivity index (χ1) is 9.13. The Morgan fingerprint density at radius 1 is 1.58 bits per heavy atom. The Bertz CT molecular complexity index is 390. The van der Waals surface area contributed by atoms with Crippen LogP contribution in [0.1, 0.15) is 51.6 Å². The minimum Gasteiger partial charge on any atom is -0.389 e. The minimum absolute atomic E-state index is 0.507. The summed E-state index contributed by atoms with van der Waals surface area (Å²) < 4.78 is 2.04. The second-order valence-corrected chi connectivity index (χ2v) is 6.08. The first-order valence-corrected chi connectivity index (χ1v) is 7.57. The zero-order chi connectivity index (χ0) is 13.7. The van der Waals surface area contributed by atoms with Crippen molar-refractivity contribution in [1.29, 1.82) is 0 Å². The molecule has 1 aromatic heterocycles. The molecule has 108 valence electrons. The van der Waals surface area contributed by atoms with Crippen LogP contribution in [-0.2, 0) is 13.1 Å². The first-order valence-electron chi connectivity index (χ1n) is 7.57. The summed E-state index contributed by atoms with van der Waals surface area (Å²) in [5.41, 5.74) is 0.696. The van der Waals surface area contributed by atoms with E-state index in [4.69, 9.17) is 0 Å². The molecular formula is C15H27N3O. The molecule has 2 atom stereocenters. The fraction of sp³-hybridized carbons (Fsp3) is 0.800. The van der Waals surface area contributed by atoms with Gasteiger partial charge in [-0.15, -0.1) is 0 Å². The van der Waals surface area contributed by atoms with Crippen LogP contribution in [0.5, 0.6) is 0 Å².